The lowest BCUT2D eigenvalue weighted by molar-refractivity contribution is 0.0965. The van der Waals surface area contributed by atoms with Gasteiger partial charge in [-0.1, -0.05) is 13.3 Å². The van der Waals surface area contributed by atoms with E-state index in [1.807, 2.05) is 12.1 Å². The average Bonchev–Trinajstić information content (AvgIpc) is 2.34. The van der Waals surface area contributed by atoms with Crippen LogP contribution >= 0.6 is 0 Å². The van der Waals surface area contributed by atoms with E-state index >= 15 is 0 Å². The molecule has 90 valence electrons. The van der Waals surface area contributed by atoms with Crippen molar-refractivity contribution in [3.05, 3.63) is 23.9 Å². The third-order valence-corrected chi connectivity index (χ3v) is 2.15. The fraction of sp³-hybridized carbons (Fsp3) is 0.583. The third-order valence-electron chi connectivity index (χ3n) is 2.15. The molecule has 4 nitrogen and oxygen atoms in total. The van der Waals surface area contributed by atoms with Gasteiger partial charge >= 0.3 is 0 Å². The number of hydrogen-bond acceptors (Lipinski definition) is 4. The Kier molecular flexibility index (Phi) is 6.53. The van der Waals surface area contributed by atoms with Crippen LogP contribution in [-0.2, 0) is 11.3 Å². The number of unbranched alkanes of at least 4 members (excludes halogenated alkanes) is 1. The number of ether oxygens (including phenoxy) is 2. The average molecular weight is 224 g/mol. The molecule has 0 aliphatic heterocycles. The first-order chi connectivity index (χ1) is 7.86. The molecule has 1 aromatic heterocycles. The van der Waals surface area contributed by atoms with Gasteiger partial charge in [0.1, 0.15) is 6.61 Å². The molecular weight excluding hydrogens is 204 g/mol. The highest BCUT2D eigenvalue weighted by Crippen LogP contribution is 2.08. The highest BCUT2D eigenvalue weighted by molar-refractivity contribution is 5.19. The first kappa shape index (κ1) is 12.9. The number of rotatable bonds is 8. The van der Waals surface area contributed by atoms with E-state index in [1.165, 1.54) is 0 Å². The van der Waals surface area contributed by atoms with Gasteiger partial charge in [-0.2, -0.15) is 0 Å². The van der Waals surface area contributed by atoms with Crippen molar-refractivity contribution in [3.8, 4) is 5.88 Å². The summed E-state index contributed by atoms with van der Waals surface area (Å²) < 4.78 is 10.8. The summed E-state index contributed by atoms with van der Waals surface area (Å²) >= 11 is 0. The molecule has 0 fully saturated rings. The summed E-state index contributed by atoms with van der Waals surface area (Å²) in [6.45, 7) is 4.59. The summed E-state index contributed by atoms with van der Waals surface area (Å²) in [7, 11) is 0. The molecular formula is C12H20N2O2. The maximum absolute atomic E-state index is 5.52. The molecule has 0 bridgehead atoms. The van der Waals surface area contributed by atoms with Crippen molar-refractivity contribution in [1.29, 1.82) is 0 Å². The van der Waals surface area contributed by atoms with Gasteiger partial charge in [0, 0.05) is 25.4 Å². The first-order valence-electron chi connectivity index (χ1n) is 5.72. The van der Waals surface area contributed by atoms with Crippen molar-refractivity contribution in [1.82, 2.24) is 4.98 Å². The summed E-state index contributed by atoms with van der Waals surface area (Å²) in [5.74, 6) is 0.613. The molecule has 4 heteroatoms. The van der Waals surface area contributed by atoms with Crippen LogP contribution in [0.3, 0.4) is 0 Å². The molecule has 0 radical (unpaired) electrons. The molecule has 1 rings (SSSR count). The van der Waals surface area contributed by atoms with Crippen molar-refractivity contribution in [2.24, 2.45) is 5.73 Å². The van der Waals surface area contributed by atoms with Gasteiger partial charge in [-0.25, -0.2) is 4.98 Å². The first-order valence-corrected chi connectivity index (χ1v) is 5.72. The van der Waals surface area contributed by atoms with Crippen LogP contribution in [0.4, 0.5) is 0 Å². The van der Waals surface area contributed by atoms with E-state index in [1.54, 1.807) is 6.20 Å². The van der Waals surface area contributed by atoms with Gasteiger partial charge in [0.25, 0.3) is 0 Å². The number of nitrogens with zero attached hydrogens (tertiary/aromatic N) is 1. The molecule has 1 heterocycles. The molecule has 0 saturated heterocycles. The van der Waals surface area contributed by atoms with E-state index in [0.717, 1.165) is 25.0 Å². The Morgan fingerprint density at radius 2 is 2.19 bits per heavy atom. The Morgan fingerprint density at radius 1 is 1.31 bits per heavy atom. The predicted octanol–water partition coefficient (Wildman–Crippen LogP) is 1.74. The molecule has 0 saturated carbocycles. The van der Waals surface area contributed by atoms with Crippen LogP contribution in [0.2, 0.25) is 0 Å². The lowest BCUT2D eigenvalue weighted by Crippen LogP contribution is -2.08. The normalized spacial score (nSPS) is 10.4. The Labute approximate surface area is 96.8 Å². The van der Waals surface area contributed by atoms with Crippen molar-refractivity contribution in [3.63, 3.8) is 0 Å². The molecule has 16 heavy (non-hydrogen) atoms. The van der Waals surface area contributed by atoms with Crippen LogP contribution in [0.25, 0.3) is 0 Å². The molecule has 0 atom stereocenters. The van der Waals surface area contributed by atoms with Crippen LogP contribution in [0.5, 0.6) is 5.88 Å². The SMILES string of the molecule is CCCCOCCOc1cc(CN)ccn1. The Balaban J connectivity index is 2.16. The summed E-state index contributed by atoms with van der Waals surface area (Å²) in [5, 5.41) is 0. The summed E-state index contributed by atoms with van der Waals surface area (Å²) in [6.07, 6.45) is 3.96. The number of pyridine rings is 1. The van der Waals surface area contributed by atoms with Crippen LogP contribution in [0, 0.1) is 0 Å². The van der Waals surface area contributed by atoms with Crippen LogP contribution in [-0.4, -0.2) is 24.8 Å². The number of aromatic nitrogens is 1. The summed E-state index contributed by atoms with van der Waals surface area (Å²) in [5.41, 5.74) is 6.55. The second-order valence-electron chi connectivity index (χ2n) is 3.52. The van der Waals surface area contributed by atoms with E-state index in [9.17, 15) is 0 Å². The zero-order valence-electron chi connectivity index (χ0n) is 9.82. The monoisotopic (exact) mass is 224 g/mol. The quantitative estimate of drug-likeness (QED) is 0.683. The van der Waals surface area contributed by atoms with E-state index < -0.39 is 0 Å². The van der Waals surface area contributed by atoms with Crippen molar-refractivity contribution < 1.29 is 9.47 Å². The Morgan fingerprint density at radius 3 is 2.94 bits per heavy atom. The fourth-order valence-electron chi connectivity index (χ4n) is 1.21. The summed E-state index contributed by atoms with van der Waals surface area (Å²) in [6, 6.07) is 3.73. The van der Waals surface area contributed by atoms with Gasteiger partial charge in [-0.05, 0) is 18.1 Å². The molecule has 0 spiro atoms. The number of hydrogen-bond donors (Lipinski definition) is 1. The molecule has 1 aromatic rings. The highest BCUT2D eigenvalue weighted by atomic mass is 16.5. The smallest absolute Gasteiger partial charge is 0.213 e. The van der Waals surface area contributed by atoms with Gasteiger partial charge in [0.05, 0.1) is 6.61 Å². The van der Waals surface area contributed by atoms with Crippen molar-refractivity contribution in [2.75, 3.05) is 19.8 Å². The van der Waals surface area contributed by atoms with Crippen LogP contribution < -0.4 is 10.5 Å². The molecule has 0 unspecified atom stereocenters. The van der Waals surface area contributed by atoms with E-state index in [4.69, 9.17) is 15.2 Å². The maximum atomic E-state index is 5.52. The largest absolute Gasteiger partial charge is 0.475 e. The lowest BCUT2D eigenvalue weighted by Gasteiger charge is -2.06. The lowest BCUT2D eigenvalue weighted by atomic mass is 10.3. The van der Waals surface area contributed by atoms with Gasteiger partial charge in [-0.15, -0.1) is 0 Å². The van der Waals surface area contributed by atoms with E-state index in [2.05, 4.69) is 11.9 Å². The van der Waals surface area contributed by atoms with E-state index in [-0.39, 0.29) is 0 Å². The predicted molar refractivity (Wildman–Crippen MR) is 63.4 cm³/mol. The zero-order chi connectivity index (χ0) is 11.6. The van der Waals surface area contributed by atoms with Gasteiger partial charge in [0.15, 0.2) is 0 Å². The minimum atomic E-state index is 0.506. The Hall–Kier alpha value is -1.13. The van der Waals surface area contributed by atoms with Gasteiger partial charge < -0.3 is 15.2 Å². The Bertz CT molecular complexity index is 292. The van der Waals surface area contributed by atoms with Crippen molar-refractivity contribution in [2.45, 2.75) is 26.3 Å². The number of nitrogens with two attached hydrogens (primary N) is 1. The van der Waals surface area contributed by atoms with Crippen molar-refractivity contribution >= 4 is 0 Å². The van der Waals surface area contributed by atoms with Gasteiger partial charge in [-0.3, -0.25) is 0 Å². The minimum Gasteiger partial charge on any atom is -0.475 e. The van der Waals surface area contributed by atoms with E-state index in [0.29, 0.717) is 25.6 Å². The third kappa shape index (κ3) is 5.09. The van der Waals surface area contributed by atoms with Crippen LogP contribution in [0.1, 0.15) is 25.3 Å². The molecule has 0 amide bonds. The highest BCUT2D eigenvalue weighted by Gasteiger charge is 1.96. The zero-order valence-corrected chi connectivity index (χ0v) is 9.82. The molecule has 0 aliphatic rings. The second-order valence-corrected chi connectivity index (χ2v) is 3.52. The molecule has 2 N–H and O–H groups in total. The van der Waals surface area contributed by atoms with Crippen LogP contribution in [0.15, 0.2) is 18.3 Å². The maximum Gasteiger partial charge on any atom is 0.213 e. The minimum absolute atomic E-state index is 0.506. The summed E-state index contributed by atoms with van der Waals surface area (Å²) in [4.78, 5) is 4.09. The molecule has 0 aliphatic carbocycles. The fourth-order valence-corrected chi connectivity index (χ4v) is 1.21. The van der Waals surface area contributed by atoms with Gasteiger partial charge in [0.2, 0.25) is 5.88 Å². The standard InChI is InChI=1S/C12H20N2O2/c1-2-3-6-15-7-8-16-12-9-11(10-13)4-5-14-12/h4-5,9H,2-3,6-8,10,13H2,1H3. The topological polar surface area (TPSA) is 57.4 Å². The molecule has 0 aromatic carbocycles. The second kappa shape index (κ2) is 8.07.